The van der Waals surface area contributed by atoms with Gasteiger partial charge in [-0.1, -0.05) is 0 Å². The molecule has 16 heavy (non-hydrogen) atoms. The quantitative estimate of drug-likeness (QED) is 0.808. The van der Waals surface area contributed by atoms with E-state index < -0.39 is 17.5 Å². The molecule has 1 amide bonds. The van der Waals surface area contributed by atoms with E-state index in [1.165, 1.54) is 6.20 Å². The van der Waals surface area contributed by atoms with Gasteiger partial charge in [0.2, 0.25) is 0 Å². The number of nitrogens with one attached hydrogen (secondary N) is 1. The molecule has 0 atom stereocenters. The molecule has 1 heterocycles. The molecule has 2 aromatic rings. The van der Waals surface area contributed by atoms with Crippen molar-refractivity contribution in [2.45, 2.75) is 0 Å². The summed E-state index contributed by atoms with van der Waals surface area (Å²) in [5, 5.41) is 0. The lowest BCUT2D eigenvalue weighted by Gasteiger charge is -1.99. The summed E-state index contributed by atoms with van der Waals surface area (Å²) in [6, 6.07) is 3.01. The van der Waals surface area contributed by atoms with Crippen LogP contribution in [0.25, 0.3) is 11.3 Å². The zero-order valence-corrected chi connectivity index (χ0v) is 8.00. The van der Waals surface area contributed by atoms with Crippen LogP contribution in [0.2, 0.25) is 0 Å². The fourth-order valence-electron chi connectivity index (χ4n) is 1.29. The van der Waals surface area contributed by atoms with Crippen molar-refractivity contribution in [3.63, 3.8) is 0 Å². The molecule has 0 saturated carbocycles. The van der Waals surface area contributed by atoms with Crippen molar-refractivity contribution in [3.8, 4) is 11.3 Å². The van der Waals surface area contributed by atoms with Gasteiger partial charge in [-0.05, 0) is 18.2 Å². The number of primary amides is 1. The van der Waals surface area contributed by atoms with E-state index in [2.05, 4.69) is 9.97 Å². The molecule has 6 heteroatoms. The zero-order valence-electron chi connectivity index (χ0n) is 8.00. The minimum Gasteiger partial charge on any atom is -0.363 e. The molecule has 0 radical (unpaired) electrons. The maximum absolute atomic E-state index is 13.3. The smallest absolute Gasteiger partial charge is 0.284 e. The highest BCUT2D eigenvalue weighted by Gasteiger charge is 2.11. The first-order valence-corrected chi connectivity index (χ1v) is 4.38. The summed E-state index contributed by atoms with van der Waals surface area (Å²) >= 11 is 0. The summed E-state index contributed by atoms with van der Waals surface area (Å²) in [5.41, 5.74) is 5.17. The van der Waals surface area contributed by atoms with Crippen LogP contribution in [-0.4, -0.2) is 15.9 Å². The summed E-state index contributed by atoms with van der Waals surface area (Å²) in [4.78, 5) is 16.9. The number of H-pyrrole nitrogens is 1. The molecule has 82 valence electrons. The second-order valence-electron chi connectivity index (χ2n) is 3.13. The maximum atomic E-state index is 13.3. The normalized spacial score (nSPS) is 10.4. The Morgan fingerprint density at radius 2 is 2.12 bits per heavy atom. The third-order valence-corrected chi connectivity index (χ3v) is 2.03. The van der Waals surface area contributed by atoms with E-state index in [1.54, 1.807) is 0 Å². The van der Waals surface area contributed by atoms with Crippen LogP contribution < -0.4 is 5.73 Å². The van der Waals surface area contributed by atoms with Gasteiger partial charge in [-0.3, -0.25) is 4.79 Å². The Bertz CT molecular complexity index is 551. The number of hydrogen-bond acceptors (Lipinski definition) is 2. The number of nitrogens with two attached hydrogens (primary N) is 1. The Balaban J connectivity index is 2.50. The van der Waals surface area contributed by atoms with Gasteiger partial charge in [0, 0.05) is 5.56 Å². The van der Waals surface area contributed by atoms with Crippen LogP contribution in [0.1, 0.15) is 10.6 Å². The van der Waals surface area contributed by atoms with Crippen LogP contribution in [0, 0.1) is 11.6 Å². The molecule has 0 fully saturated rings. The number of aromatic amines is 1. The van der Waals surface area contributed by atoms with E-state index in [4.69, 9.17) is 5.73 Å². The number of carbonyl (C=O) groups excluding carboxylic acids is 1. The van der Waals surface area contributed by atoms with Gasteiger partial charge < -0.3 is 10.7 Å². The summed E-state index contributed by atoms with van der Waals surface area (Å²) in [6.07, 6.45) is 1.22. The lowest BCUT2D eigenvalue weighted by molar-refractivity contribution is 0.0991. The minimum atomic E-state index is -0.761. The second kappa shape index (κ2) is 3.73. The number of halogens is 2. The Hall–Kier alpha value is -2.24. The predicted octanol–water partition coefficient (Wildman–Crippen LogP) is 1.45. The third-order valence-electron chi connectivity index (χ3n) is 2.03. The Kier molecular flexibility index (Phi) is 2.40. The molecule has 0 spiro atoms. The van der Waals surface area contributed by atoms with Gasteiger partial charge in [0.1, 0.15) is 11.6 Å². The Morgan fingerprint density at radius 1 is 1.38 bits per heavy atom. The van der Waals surface area contributed by atoms with Crippen LogP contribution >= 0.6 is 0 Å². The van der Waals surface area contributed by atoms with Crippen molar-refractivity contribution in [3.05, 3.63) is 41.9 Å². The lowest BCUT2D eigenvalue weighted by Crippen LogP contribution is -2.12. The van der Waals surface area contributed by atoms with Crippen molar-refractivity contribution in [1.29, 1.82) is 0 Å². The molecule has 1 aromatic carbocycles. The zero-order chi connectivity index (χ0) is 11.7. The van der Waals surface area contributed by atoms with Gasteiger partial charge in [-0.25, -0.2) is 13.8 Å². The van der Waals surface area contributed by atoms with E-state index >= 15 is 0 Å². The summed E-state index contributed by atoms with van der Waals surface area (Å²) in [6.45, 7) is 0. The SMILES string of the molecule is NC(=O)c1ncc(-c2cc(F)ccc2F)[nH]1. The average Bonchev–Trinajstić information content (AvgIpc) is 2.70. The number of aromatic nitrogens is 2. The molecule has 0 aliphatic rings. The average molecular weight is 223 g/mol. The van der Waals surface area contributed by atoms with Crippen LogP contribution in [0.15, 0.2) is 24.4 Å². The summed E-state index contributed by atoms with van der Waals surface area (Å²) < 4.78 is 26.2. The van der Waals surface area contributed by atoms with E-state index in [-0.39, 0.29) is 17.1 Å². The van der Waals surface area contributed by atoms with Crippen molar-refractivity contribution >= 4 is 5.91 Å². The minimum absolute atomic E-state index is 0.000000000000000222. The molecule has 0 bridgehead atoms. The first-order chi connectivity index (χ1) is 7.58. The first-order valence-electron chi connectivity index (χ1n) is 4.38. The van der Waals surface area contributed by atoms with Crippen LogP contribution in [-0.2, 0) is 0 Å². The number of amides is 1. The van der Waals surface area contributed by atoms with Crippen molar-refractivity contribution in [1.82, 2.24) is 9.97 Å². The number of rotatable bonds is 2. The van der Waals surface area contributed by atoms with Crippen LogP contribution in [0.3, 0.4) is 0 Å². The highest BCUT2D eigenvalue weighted by molar-refractivity contribution is 5.89. The lowest BCUT2D eigenvalue weighted by atomic mass is 10.1. The molecule has 0 saturated heterocycles. The number of nitrogens with zero attached hydrogens (tertiary/aromatic N) is 1. The summed E-state index contributed by atoms with van der Waals surface area (Å²) in [5.74, 6) is -2.05. The van der Waals surface area contributed by atoms with Crippen LogP contribution in [0.4, 0.5) is 8.78 Å². The van der Waals surface area contributed by atoms with Crippen LogP contribution in [0.5, 0.6) is 0 Å². The number of hydrogen-bond donors (Lipinski definition) is 2. The molecule has 3 N–H and O–H groups in total. The number of carbonyl (C=O) groups is 1. The molecule has 0 aliphatic carbocycles. The fraction of sp³-hybridized carbons (Fsp3) is 0. The van der Waals surface area contributed by atoms with Crippen molar-refractivity contribution in [2.24, 2.45) is 5.73 Å². The number of imidazole rings is 1. The Morgan fingerprint density at radius 3 is 2.75 bits per heavy atom. The van der Waals surface area contributed by atoms with E-state index in [0.717, 1.165) is 18.2 Å². The monoisotopic (exact) mass is 223 g/mol. The van der Waals surface area contributed by atoms with E-state index in [9.17, 15) is 13.6 Å². The maximum Gasteiger partial charge on any atom is 0.284 e. The van der Waals surface area contributed by atoms with E-state index in [1.807, 2.05) is 0 Å². The van der Waals surface area contributed by atoms with Gasteiger partial charge >= 0.3 is 0 Å². The van der Waals surface area contributed by atoms with Gasteiger partial charge in [-0.15, -0.1) is 0 Å². The molecule has 1 aromatic heterocycles. The standard InChI is InChI=1S/C10H7F2N3O/c11-5-1-2-7(12)6(3-5)8-4-14-10(15-8)9(13)16/h1-4H,(H2,13,16)(H,14,15). The highest BCUT2D eigenvalue weighted by atomic mass is 19.1. The fourth-order valence-corrected chi connectivity index (χ4v) is 1.29. The topological polar surface area (TPSA) is 71.8 Å². The molecule has 0 aliphatic heterocycles. The largest absolute Gasteiger partial charge is 0.363 e. The molecular formula is C10H7F2N3O. The van der Waals surface area contributed by atoms with Crippen molar-refractivity contribution in [2.75, 3.05) is 0 Å². The molecule has 2 rings (SSSR count). The number of benzene rings is 1. The summed E-state index contributed by atoms with van der Waals surface area (Å²) in [7, 11) is 0. The second-order valence-corrected chi connectivity index (χ2v) is 3.13. The van der Waals surface area contributed by atoms with Gasteiger partial charge in [-0.2, -0.15) is 0 Å². The molecule has 0 unspecified atom stereocenters. The van der Waals surface area contributed by atoms with Crippen molar-refractivity contribution < 1.29 is 13.6 Å². The molecule has 4 nitrogen and oxygen atoms in total. The van der Waals surface area contributed by atoms with Gasteiger partial charge in [0.15, 0.2) is 5.82 Å². The first kappa shape index (κ1) is 10.3. The Labute approximate surface area is 89.1 Å². The highest BCUT2D eigenvalue weighted by Crippen LogP contribution is 2.21. The van der Waals surface area contributed by atoms with Gasteiger partial charge in [0.05, 0.1) is 11.9 Å². The van der Waals surface area contributed by atoms with E-state index in [0.29, 0.717) is 0 Å². The van der Waals surface area contributed by atoms with Gasteiger partial charge in [0.25, 0.3) is 5.91 Å². The third kappa shape index (κ3) is 1.77. The molecular weight excluding hydrogens is 216 g/mol. The predicted molar refractivity (Wildman–Crippen MR) is 52.5 cm³/mol.